The third-order valence-electron chi connectivity index (χ3n) is 14.1. The highest BCUT2D eigenvalue weighted by molar-refractivity contribution is 7.47. The van der Waals surface area contributed by atoms with Crippen LogP contribution in [0.15, 0.2) is 85.1 Å². The van der Waals surface area contributed by atoms with Crippen molar-refractivity contribution in [1.82, 2.24) is 5.32 Å². The van der Waals surface area contributed by atoms with Gasteiger partial charge in [0.15, 0.2) is 0 Å². The minimum atomic E-state index is -4.46. The molecule has 0 radical (unpaired) electrons. The van der Waals surface area contributed by atoms with Gasteiger partial charge in [0.05, 0.1) is 33.8 Å². The van der Waals surface area contributed by atoms with Gasteiger partial charge in [0.1, 0.15) is 19.3 Å². The highest BCUT2D eigenvalue weighted by Gasteiger charge is 2.30. The molecule has 3 unspecified atom stereocenters. The van der Waals surface area contributed by atoms with Gasteiger partial charge < -0.3 is 19.4 Å². The lowest BCUT2D eigenvalue weighted by Crippen LogP contribution is -2.47. The maximum absolute atomic E-state index is 13.5. The summed E-state index contributed by atoms with van der Waals surface area (Å²) in [5, 5.41) is 3.04. The van der Waals surface area contributed by atoms with E-state index >= 15 is 0 Å². The van der Waals surface area contributed by atoms with Crippen molar-refractivity contribution in [3.63, 3.8) is 0 Å². The van der Waals surface area contributed by atoms with E-state index in [2.05, 4.69) is 99.0 Å². The van der Waals surface area contributed by atoms with Crippen LogP contribution in [0, 0.1) is 0 Å². The Kier molecular flexibility index (Phi) is 55.4. The van der Waals surface area contributed by atoms with E-state index in [-0.39, 0.29) is 31.5 Å². The largest absolute Gasteiger partial charge is 0.472 e. The van der Waals surface area contributed by atoms with E-state index in [1.165, 1.54) is 154 Å². The molecule has 0 fully saturated rings. The normalized spacial score (nSPS) is 14.2. The lowest BCUT2D eigenvalue weighted by molar-refractivity contribution is -0.870. The highest BCUT2D eigenvalue weighted by Crippen LogP contribution is 2.43. The quantitative estimate of drug-likeness (QED) is 0.0205. The van der Waals surface area contributed by atoms with E-state index in [9.17, 15) is 19.0 Å². The number of ether oxygens (including phenoxy) is 1. The van der Waals surface area contributed by atoms with Crippen molar-refractivity contribution in [3.05, 3.63) is 85.1 Å². The number of hydrogen-bond acceptors (Lipinski definition) is 6. The molecule has 2 N–H and O–H groups in total. The molecule has 3 atom stereocenters. The third kappa shape index (κ3) is 57.9. The summed E-state index contributed by atoms with van der Waals surface area (Å²) in [4.78, 5) is 37.7. The number of esters is 1. The Morgan fingerprint density at radius 1 is 0.462 bits per heavy atom. The molecule has 0 aliphatic rings. The lowest BCUT2D eigenvalue weighted by atomic mass is 10.0. The van der Waals surface area contributed by atoms with E-state index in [0.29, 0.717) is 23.9 Å². The second kappa shape index (κ2) is 57.4. The summed E-state index contributed by atoms with van der Waals surface area (Å²) in [6.07, 6.45) is 76.0. The molecular formula is C68H124N2O7P+. The number of phosphoric acid groups is 1. The average Bonchev–Trinajstić information content (AvgIpc) is 3.40. The molecule has 0 heterocycles. The first kappa shape index (κ1) is 75.2. The fourth-order valence-corrected chi connectivity index (χ4v) is 9.82. The van der Waals surface area contributed by atoms with Gasteiger partial charge in [-0.05, 0) is 102 Å². The minimum Gasteiger partial charge on any atom is -0.456 e. The van der Waals surface area contributed by atoms with E-state index < -0.39 is 20.0 Å². The van der Waals surface area contributed by atoms with Crippen LogP contribution in [0.1, 0.15) is 284 Å². The Labute approximate surface area is 482 Å². The summed E-state index contributed by atoms with van der Waals surface area (Å²) < 4.78 is 30.7. The number of rotatable bonds is 58. The molecule has 78 heavy (non-hydrogen) atoms. The standard InChI is InChI=1S/C68H123N2O7P/c1-7-10-13-16-19-22-25-27-29-31-32-33-34-35-36-37-38-39-41-43-46-49-52-55-58-61-68(72)77-66(59-56-53-50-47-44-24-21-18-15-12-9-3)65(64-76-78(73,74)75-63-62-70(4,5)6)69-67(71)60-57-54-51-48-45-42-40-30-28-26-23-20-17-14-11-8-2/h11,14,19-20,22-23,27-30,42,45,56,59,65-66H,7-10,12-13,15-18,21,24-26,31-41,43-44,46-55,57-58,60-64H2,1-6H3,(H-,69,71,73,74)/p+1/b14-11+,22-19-,23-20+,29-27-,30-28+,45-42+,59-56-. The van der Waals surface area contributed by atoms with Crippen molar-refractivity contribution < 1.29 is 37.3 Å². The van der Waals surface area contributed by atoms with Gasteiger partial charge in [-0.15, -0.1) is 0 Å². The van der Waals surface area contributed by atoms with Crippen molar-refractivity contribution in [3.8, 4) is 0 Å². The number of unbranched alkanes of at least 4 members (excludes halogenated alkanes) is 30. The van der Waals surface area contributed by atoms with Crippen LogP contribution in [0.2, 0.25) is 0 Å². The van der Waals surface area contributed by atoms with Crippen LogP contribution in [0.4, 0.5) is 0 Å². The van der Waals surface area contributed by atoms with Crippen molar-refractivity contribution >= 4 is 19.7 Å². The van der Waals surface area contributed by atoms with Gasteiger partial charge in [-0.3, -0.25) is 18.6 Å². The molecule has 0 saturated carbocycles. The number of allylic oxidation sites excluding steroid dienone is 13. The Balaban J connectivity index is 5.11. The number of carbonyl (C=O) groups excluding carboxylic acids is 2. The van der Waals surface area contributed by atoms with Crippen LogP contribution >= 0.6 is 7.82 Å². The predicted molar refractivity (Wildman–Crippen MR) is 337 cm³/mol. The van der Waals surface area contributed by atoms with Crippen molar-refractivity contribution in [2.45, 2.75) is 296 Å². The van der Waals surface area contributed by atoms with Gasteiger partial charge in [-0.25, -0.2) is 4.57 Å². The van der Waals surface area contributed by atoms with Crippen molar-refractivity contribution in [2.24, 2.45) is 0 Å². The molecule has 452 valence electrons. The monoisotopic (exact) mass is 1110 g/mol. The SMILES string of the molecule is CC/C=C/C/C=C/C/C=C/C/C=C/CCCCCC(=O)NC(COP(=O)(O)OCC[N+](C)(C)C)C(/C=C\CCCCCCCCCCC)OC(=O)CCCCCCCCCCCCCCCCC/C=C\C/C=C\CCCCC. The first-order valence-corrected chi connectivity index (χ1v) is 33.9. The predicted octanol–water partition coefficient (Wildman–Crippen LogP) is 20.2. The molecule has 0 aromatic heterocycles. The number of carbonyl (C=O) groups is 2. The summed E-state index contributed by atoms with van der Waals surface area (Å²) in [5.74, 6) is -0.540. The summed E-state index contributed by atoms with van der Waals surface area (Å²) in [5.41, 5.74) is 0. The smallest absolute Gasteiger partial charge is 0.456 e. The van der Waals surface area contributed by atoms with Crippen LogP contribution in [-0.2, 0) is 27.9 Å². The molecule has 0 aliphatic heterocycles. The number of quaternary nitrogens is 1. The van der Waals surface area contributed by atoms with Gasteiger partial charge in [0.2, 0.25) is 5.91 Å². The van der Waals surface area contributed by atoms with E-state index in [1.54, 1.807) is 0 Å². The number of nitrogens with zero attached hydrogens (tertiary/aromatic N) is 1. The van der Waals surface area contributed by atoms with Gasteiger partial charge in [-0.1, -0.05) is 254 Å². The number of hydrogen-bond donors (Lipinski definition) is 2. The topological polar surface area (TPSA) is 111 Å². The fourth-order valence-electron chi connectivity index (χ4n) is 9.08. The van der Waals surface area contributed by atoms with Crippen LogP contribution < -0.4 is 5.32 Å². The van der Waals surface area contributed by atoms with Gasteiger partial charge in [0, 0.05) is 12.8 Å². The summed E-state index contributed by atoms with van der Waals surface area (Å²) in [6.45, 7) is 6.85. The Bertz CT molecular complexity index is 1610. The maximum Gasteiger partial charge on any atom is 0.472 e. The zero-order valence-electron chi connectivity index (χ0n) is 51.6. The summed E-state index contributed by atoms with van der Waals surface area (Å²) in [6, 6.07) is -0.868. The number of likely N-dealkylation sites (N-methyl/N-ethyl adjacent to an activating group) is 1. The summed E-state index contributed by atoms with van der Waals surface area (Å²) in [7, 11) is 1.47. The van der Waals surface area contributed by atoms with E-state index in [4.69, 9.17) is 13.8 Å². The Morgan fingerprint density at radius 3 is 1.27 bits per heavy atom. The lowest BCUT2D eigenvalue weighted by Gasteiger charge is -2.27. The second-order valence-electron chi connectivity index (χ2n) is 22.9. The van der Waals surface area contributed by atoms with E-state index in [0.717, 1.165) is 89.9 Å². The number of phosphoric ester groups is 1. The second-order valence-corrected chi connectivity index (χ2v) is 24.4. The molecule has 0 rings (SSSR count). The fraction of sp³-hybridized carbons (Fsp3) is 0.765. The van der Waals surface area contributed by atoms with E-state index in [1.807, 2.05) is 33.3 Å². The first-order valence-electron chi connectivity index (χ1n) is 32.4. The summed E-state index contributed by atoms with van der Waals surface area (Å²) >= 11 is 0. The van der Waals surface area contributed by atoms with Crippen LogP contribution in [0.3, 0.4) is 0 Å². The van der Waals surface area contributed by atoms with Gasteiger partial charge >= 0.3 is 13.8 Å². The molecule has 1 amide bonds. The molecule has 0 saturated heterocycles. The average molecular weight is 1110 g/mol. The number of amides is 1. The molecule has 10 heteroatoms. The van der Waals surface area contributed by atoms with Crippen LogP contribution in [0.25, 0.3) is 0 Å². The Hall–Kier alpha value is -2.81. The van der Waals surface area contributed by atoms with Crippen LogP contribution in [0.5, 0.6) is 0 Å². The third-order valence-corrected chi connectivity index (χ3v) is 15.1. The number of nitrogens with one attached hydrogen (secondary N) is 1. The molecular weight excluding hydrogens is 988 g/mol. The highest BCUT2D eigenvalue weighted by atomic mass is 31.2. The zero-order chi connectivity index (χ0) is 57.2. The maximum atomic E-state index is 13.5. The molecule has 9 nitrogen and oxygen atoms in total. The molecule has 0 aromatic rings. The van der Waals surface area contributed by atoms with Gasteiger partial charge in [0.25, 0.3) is 0 Å². The first-order chi connectivity index (χ1) is 37.9. The van der Waals surface area contributed by atoms with Gasteiger partial charge in [-0.2, -0.15) is 0 Å². The van der Waals surface area contributed by atoms with Crippen molar-refractivity contribution in [1.29, 1.82) is 0 Å². The molecule has 0 spiro atoms. The molecule has 0 bridgehead atoms. The molecule has 0 aliphatic carbocycles. The van der Waals surface area contributed by atoms with Crippen molar-refractivity contribution in [2.75, 3.05) is 40.9 Å². The minimum absolute atomic E-state index is 0.0312. The van der Waals surface area contributed by atoms with Crippen LogP contribution in [-0.4, -0.2) is 74.3 Å². The zero-order valence-corrected chi connectivity index (χ0v) is 52.5. The Morgan fingerprint density at radius 2 is 0.821 bits per heavy atom. The molecule has 0 aromatic carbocycles.